The van der Waals surface area contributed by atoms with Gasteiger partial charge in [0.25, 0.3) is 17.7 Å². The first-order valence-electron chi connectivity index (χ1n) is 34.3. The maximum absolute atomic E-state index is 13.3. The summed E-state index contributed by atoms with van der Waals surface area (Å²) < 4.78 is 107. The first-order chi connectivity index (χ1) is 49.4. The third kappa shape index (κ3) is 17.8. The summed E-state index contributed by atoms with van der Waals surface area (Å²) in [6, 6.07) is 62.7. The molecule has 9 aromatic rings. The molecule has 12 rings (SSSR count). The van der Waals surface area contributed by atoms with Gasteiger partial charge in [0.1, 0.15) is 17.2 Å². The number of carbonyl (C=O) groups is 3. The van der Waals surface area contributed by atoms with Crippen molar-refractivity contribution in [3.8, 4) is 17.2 Å². The zero-order valence-electron chi connectivity index (χ0n) is 56.7. The van der Waals surface area contributed by atoms with Crippen LogP contribution in [0, 0.1) is 0 Å². The minimum absolute atomic E-state index is 0.0107. The number of hydrogen-bond donors (Lipinski definition) is 6. The molecule has 3 saturated heterocycles. The Morgan fingerprint density at radius 2 is 0.578 bits per heavy atom. The smallest absolute Gasteiger partial charge is 0.265 e. The molecule has 102 heavy (non-hydrogen) atoms. The van der Waals surface area contributed by atoms with Crippen LogP contribution >= 0.6 is 0 Å². The highest BCUT2D eigenvalue weighted by Gasteiger charge is 2.54. The molecule has 0 spiro atoms. The Labute approximate surface area is 595 Å². The quantitative estimate of drug-likeness (QED) is 0.0158. The van der Waals surface area contributed by atoms with Crippen LogP contribution in [0.5, 0.6) is 17.2 Å². The van der Waals surface area contributed by atoms with Crippen LogP contribution in [-0.2, 0) is 77.4 Å². The molecule has 21 nitrogen and oxygen atoms in total. The number of fused-ring (bicyclic) bond motifs is 3. The number of unbranched alkanes of at least 4 members (excludes halogenated alkanes) is 3. The van der Waals surface area contributed by atoms with E-state index in [0.717, 1.165) is 57.8 Å². The van der Waals surface area contributed by atoms with Gasteiger partial charge in [0.15, 0.2) is 43.8 Å². The fourth-order valence-electron chi connectivity index (χ4n) is 13.2. The number of sulfone groups is 3. The van der Waals surface area contributed by atoms with Crippen LogP contribution in [0.25, 0.3) is 32.3 Å². The van der Waals surface area contributed by atoms with Gasteiger partial charge in [-0.15, -0.1) is 0 Å². The molecule has 3 heterocycles. The molecule has 3 fully saturated rings. The van der Waals surface area contributed by atoms with E-state index in [-0.39, 0.29) is 92.9 Å². The summed E-state index contributed by atoms with van der Waals surface area (Å²) in [6.45, 7) is 2.35. The molecule has 3 amide bonds. The molecule has 0 aromatic heterocycles. The van der Waals surface area contributed by atoms with E-state index in [0.29, 0.717) is 37.1 Å². The molecule has 9 aromatic carbocycles. The van der Waals surface area contributed by atoms with Crippen molar-refractivity contribution in [1.29, 1.82) is 0 Å². The number of benzene rings is 9. The third-order valence-electron chi connectivity index (χ3n) is 19.2. The monoisotopic (exact) mass is 1450 g/mol. The average Bonchev–Trinajstić information content (AvgIpc) is 0.760. The van der Waals surface area contributed by atoms with Crippen LogP contribution in [0.3, 0.4) is 0 Å². The Balaban J connectivity index is 0.000000165. The molecule has 0 radical (unpaired) electrons. The second-order valence-corrected chi connectivity index (χ2v) is 32.3. The third-order valence-corrected chi connectivity index (χ3v) is 26.8. The summed E-state index contributed by atoms with van der Waals surface area (Å²) in [5.41, 5.74) is 8.44. The normalized spacial score (nSPS) is 15.7. The van der Waals surface area contributed by atoms with Crippen LogP contribution in [-0.4, -0.2) is 132 Å². The summed E-state index contributed by atoms with van der Waals surface area (Å²) in [4.78, 5) is 37.0. The number of aryl methyl sites for hydroxylation is 3. The molecule has 6 N–H and O–H groups in total. The Hall–Kier alpha value is -8.82. The summed E-state index contributed by atoms with van der Waals surface area (Å²) in [5, 5.41) is 34.8. The van der Waals surface area contributed by atoms with E-state index in [1.54, 1.807) is 36.4 Å². The van der Waals surface area contributed by atoms with Crippen LogP contribution in [0.1, 0.15) is 93.7 Å². The van der Waals surface area contributed by atoms with Crippen molar-refractivity contribution in [1.82, 2.24) is 16.4 Å². The van der Waals surface area contributed by atoms with E-state index in [1.807, 2.05) is 30.3 Å². The number of hydroxylamine groups is 3. The molecular weight excluding hydrogens is 1360 g/mol. The van der Waals surface area contributed by atoms with Crippen molar-refractivity contribution in [3.63, 3.8) is 0 Å². The van der Waals surface area contributed by atoms with Gasteiger partial charge in [-0.2, -0.15) is 0 Å². The number of amides is 3. The lowest BCUT2D eigenvalue weighted by atomic mass is 9.98. The SMILES string of the molecule is O=C(NO)C1(S(=O)(=O)c2ccc(OCCCCCc3ccc4ccccc4c3)cc2)CCOCC1.O=C(NO)C1(S(=O)(=O)c2ccc(OCCCCc3ccc4ccccc4c3)cc2)CCOCC1.O=C(NO)C1(S(=O)(=O)c2ccc(OCCCc3ccc4ccccc4c3)cc2)CCOCC1. The summed E-state index contributed by atoms with van der Waals surface area (Å²) in [7, 11) is -12.1. The fraction of sp³-hybridized carbons (Fsp3) is 0.346. The van der Waals surface area contributed by atoms with Gasteiger partial charge in [0, 0.05) is 39.6 Å². The second-order valence-electron chi connectivity index (χ2n) is 25.5. The molecular formula is C78H87N3O18S3. The van der Waals surface area contributed by atoms with Crippen molar-refractivity contribution in [2.45, 2.75) is 125 Å². The maximum atomic E-state index is 13.3. The Bertz CT molecular complexity index is 4640. The molecule has 0 unspecified atom stereocenters. The van der Waals surface area contributed by atoms with Gasteiger partial charge in [-0.1, -0.05) is 127 Å². The Morgan fingerprint density at radius 3 is 0.873 bits per heavy atom. The van der Waals surface area contributed by atoms with E-state index < -0.39 is 61.5 Å². The molecule has 0 bridgehead atoms. The average molecular weight is 1450 g/mol. The molecule has 0 atom stereocenters. The second kappa shape index (κ2) is 35.4. The highest BCUT2D eigenvalue weighted by Crippen LogP contribution is 2.39. The summed E-state index contributed by atoms with van der Waals surface area (Å²) >= 11 is 0. The number of carbonyl (C=O) groups excluding carboxylic acids is 3. The van der Waals surface area contributed by atoms with Gasteiger partial charge in [-0.05, 0) is 218 Å². The predicted molar refractivity (Wildman–Crippen MR) is 386 cm³/mol. The Kier molecular flexibility index (Phi) is 26.3. The molecule has 3 aliphatic rings. The molecule has 0 saturated carbocycles. The van der Waals surface area contributed by atoms with Crippen LogP contribution < -0.4 is 30.7 Å². The summed E-state index contributed by atoms with van der Waals surface area (Å²) in [6.07, 6.45) is 8.41. The first-order valence-corrected chi connectivity index (χ1v) is 38.8. The standard InChI is InChI=1S/C27H31NO6S.C26H29NO6S.C25H27NO6S/c29-26(28-30)27(15-18-33-19-16-27)35(31,32)25-13-11-24(12-14-25)34-17-5-1-2-6-21-9-10-22-7-3-4-8-23(22)20-21;28-25(27-29)26(14-17-32-18-15-26)34(30,31)24-12-10-23(11-13-24)33-16-4-3-5-20-8-9-21-6-1-2-7-22(21)19-20;27-24(26-28)25(13-16-31-17-14-25)33(29,30)23-11-9-22(10-12-23)32-15-3-4-19-7-8-20-5-1-2-6-21(20)18-19/h3-4,7-14,20,30H,1-2,5-6,15-19H2,(H,28,29);1-2,6-13,19,29H,3-5,14-18H2,(H,27,28);1-2,5-12,18,28H,3-4,13-17H2,(H,26,27). The lowest BCUT2D eigenvalue weighted by molar-refractivity contribution is -0.135. The first kappa shape index (κ1) is 75.8. The Morgan fingerprint density at radius 1 is 0.324 bits per heavy atom. The van der Waals surface area contributed by atoms with E-state index in [9.17, 15) is 39.6 Å². The zero-order chi connectivity index (χ0) is 72.1. The van der Waals surface area contributed by atoms with E-state index >= 15 is 0 Å². The van der Waals surface area contributed by atoms with Crippen molar-refractivity contribution in [3.05, 3.63) is 217 Å². The van der Waals surface area contributed by atoms with Gasteiger partial charge < -0.3 is 28.4 Å². The van der Waals surface area contributed by atoms with Crippen LogP contribution in [0.4, 0.5) is 0 Å². The van der Waals surface area contributed by atoms with E-state index in [4.69, 9.17) is 44.0 Å². The van der Waals surface area contributed by atoms with Gasteiger partial charge in [0.05, 0.1) is 34.5 Å². The van der Waals surface area contributed by atoms with Gasteiger partial charge >= 0.3 is 0 Å². The summed E-state index contributed by atoms with van der Waals surface area (Å²) in [5.74, 6) is -1.09. The van der Waals surface area contributed by atoms with Crippen molar-refractivity contribution in [2.24, 2.45) is 0 Å². The zero-order valence-corrected chi connectivity index (χ0v) is 59.2. The molecule has 24 heteroatoms. The fourth-order valence-corrected chi connectivity index (χ4v) is 19.0. The van der Waals surface area contributed by atoms with Crippen LogP contribution in [0.2, 0.25) is 0 Å². The number of rotatable bonds is 27. The van der Waals surface area contributed by atoms with Gasteiger partial charge in [0.2, 0.25) is 0 Å². The van der Waals surface area contributed by atoms with E-state index in [1.165, 1.54) is 102 Å². The highest BCUT2D eigenvalue weighted by atomic mass is 32.2. The highest BCUT2D eigenvalue weighted by molar-refractivity contribution is 7.94. The van der Waals surface area contributed by atoms with Crippen molar-refractivity contribution < 1.29 is 83.7 Å². The van der Waals surface area contributed by atoms with E-state index in [2.05, 4.69) is 97.1 Å². The lowest BCUT2D eigenvalue weighted by Gasteiger charge is -2.34. The molecule has 3 aliphatic heterocycles. The van der Waals surface area contributed by atoms with Crippen molar-refractivity contribution >= 4 is 79.6 Å². The largest absolute Gasteiger partial charge is 0.494 e. The topological polar surface area (TPSA) is 306 Å². The lowest BCUT2D eigenvalue weighted by Crippen LogP contribution is -2.54. The predicted octanol–water partition coefficient (Wildman–Crippen LogP) is 12.2. The minimum atomic E-state index is -4.04. The van der Waals surface area contributed by atoms with Gasteiger partial charge in [-0.25, -0.2) is 41.7 Å². The van der Waals surface area contributed by atoms with Gasteiger partial charge in [-0.3, -0.25) is 30.0 Å². The van der Waals surface area contributed by atoms with Crippen LogP contribution in [0.15, 0.2) is 215 Å². The molecule has 540 valence electrons. The van der Waals surface area contributed by atoms with Crippen molar-refractivity contribution in [2.75, 3.05) is 59.5 Å². The number of hydrogen-bond acceptors (Lipinski definition) is 18. The number of nitrogens with one attached hydrogen (secondary N) is 3. The minimum Gasteiger partial charge on any atom is -0.494 e. The maximum Gasteiger partial charge on any atom is 0.265 e. The molecule has 0 aliphatic carbocycles. The number of ether oxygens (including phenoxy) is 6.